The fraction of sp³-hybridized carbons (Fsp3) is 0.182. The Kier molecular flexibility index (Phi) is 2.93. The Morgan fingerprint density at radius 1 is 1.20 bits per heavy atom. The molecular weight excluding hydrogens is 228 g/mol. The average Bonchev–Trinajstić information content (AvgIpc) is 2.68. The second kappa shape index (κ2) is 4.21. The Hall–Kier alpha value is -1.06. The van der Waals surface area contributed by atoms with Crippen molar-refractivity contribution in [3.8, 4) is 11.3 Å². The second-order valence-electron chi connectivity index (χ2n) is 3.42. The first-order valence-electron chi connectivity index (χ1n) is 4.55. The maximum absolute atomic E-state index is 5.83. The van der Waals surface area contributed by atoms with Gasteiger partial charge in [0.25, 0.3) is 0 Å². The van der Waals surface area contributed by atoms with Crippen LogP contribution in [-0.2, 0) is 0 Å². The normalized spacial score (nSPS) is 10.3. The van der Waals surface area contributed by atoms with Gasteiger partial charge in [0, 0.05) is 30.1 Å². The van der Waals surface area contributed by atoms with E-state index in [-0.39, 0.29) is 0 Å². The highest BCUT2D eigenvalue weighted by Gasteiger charge is 2.05. The maximum atomic E-state index is 5.83. The molecule has 2 rings (SSSR count). The number of rotatable bonds is 2. The predicted octanol–water partition coefficient (Wildman–Crippen LogP) is 3.53. The van der Waals surface area contributed by atoms with E-state index in [1.807, 2.05) is 43.3 Å². The van der Waals surface area contributed by atoms with E-state index in [0.29, 0.717) is 0 Å². The highest BCUT2D eigenvalue weighted by Crippen LogP contribution is 2.26. The summed E-state index contributed by atoms with van der Waals surface area (Å²) >= 11 is 7.47. The molecule has 0 N–H and O–H groups in total. The minimum Gasteiger partial charge on any atom is -0.354 e. The molecule has 78 valence electrons. The quantitative estimate of drug-likeness (QED) is 0.796. The molecule has 2 aromatic rings. The van der Waals surface area contributed by atoms with Crippen molar-refractivity contribution in [3.05, 3.63) is 34.7 Å². The molecule has 0 atom stereocenters. The molecule has 1 aromatic heterocycles. The molecule has 0 amide bonds. The lowest BCUT2D eigenvalue weighted by atomic mass is 10.2. The second-order valence-corrected chi connectivity index (χ2v) is 4.69. The zero-order valence-corrected chi connectivity index (χ0v) is 10.1. The lowest BCUT2D eigenvalue weighted by molar-refractivity contribution is 1.11. The molecule has 2 nitrogen and oxygen atoms in total. The number of nitrogens with zero attached hydrogens (tertiary/aromatic N) is 2. The molecule has 1 aromatic carbocycles. The Labute approximate surface area is 98.1 Å². The first-order valence-corrected chi connectivity index (χ1v) is 5.81. The molecule has 15 heavy (non-hydrogen) atoms. The summed E-state index contributed by atoms with van der Waals surface area (Å²) in [6.45, 7) is 0. The third-order valence-electron chi connectivity index (χ3n) is 2.01. The van der Waals surface area contributed by atoms with Gasteiger partial charge in [-0.05, 0) is 12.1 Å². The van der Waals surface area contributed by atoms with E-state index < -0.39 is 0 Å². The van der Waals surface area contributed by atoms with Gasteiger partial charge in [-0.2, -0.15) is 0 Å². The number of thiazole rings is 1. The summed E-state index contributed by atoms with van der Waals surface area (Å²) in [6, 6.07) is 7.73. The van der Waals surface area contributed by atoms with Crippen LogP contribution in [-0.4, -0.2) is 19.1 Å². The van der Waals surface area contributed by atoms with Crippen molar-refractivity contribution in [2.75, 3.05) is 19.0 Å². The molecule has 0 fully saturated rings. The largest absolute Gasteiger partial charge is 0.354 e. The van der Waals surface area contributed by atoms with Crippen molar-refractivity contribution in [1.82, 2.24) is 4.98 Å². The monoisotopic (exact) mass is 238 g/mol. The summed E-state index contributed by atoms with van der Waals surface area (Å²) in [6.07, 6.45) is 0. The summed E-state index contributed by atoms with van der Waals surface area (Å²) in [5, 5.41) is 3.82. The molecule has 0 aliphatic rings. The van der Waals surface area contributed by atoms with E-state index in [0.717, 1.165) is 21.4 Å². The van der Waals surface area contributed by atoms with E-state index in [1.54, 1.807) is 11.3 Å². The predicted molar refractivity (Wildman–Crippen MR) is 66.9 cm³/mol. The van der Waals surface area contributed by atoms with Gasteiger partial charge in [-0.1, -0.05) is 23.7 Å². The van der Waals surface area contributed by atoms with Crippen LogP contribution >= 0.6 is 22.9 Å². The number of anilines is 1. The summed E-state index contributed by atoms with van der Waals surface area (Å²) in [5.74, 6) is 0. The van der Waals surface area contributed by atoms with Gasteiger partial charge >= 0.3 is 0 Å². The smallest absolute Gasteiger partial charge is 0.185 e. The van der Waals surface area contributed by atoms with Gasteiger partial charge in [-0.25, -0.2) is 4.98 Å². The van der Waals surface area contributed by atoms with Crippen molar-refractivity contribution in [1.29, 1.82) is 0 Å². The maximum Gasteiger partial charge on any atom is 0.185 e. The van der Waals surface area contributed by atoms with Crippen LogP contribution in [0.2, 0.25) is 5.02 Å². The number of hydrogen-bond donors (Lipinski definition) is 0. The number of hydrogen-bond acceptors (Lipinski definition) is 3. The van der Waals surface area contributed by atoms with Crippen LogP contribution in [0.15, 0.2) is 29.6 Å². The number of aromatic nitrogens is 1. The standard InChI is InChI=1S/C11H11ClN2S/c1-14(2)11-13-10(7-15-11)8-3-5-9(12)6-4-8/h3-7H,1-2H3. The lowest BCUT2D eigenvalue weighted by Crippen LogP contribution is -2.07. The summed E-state index contributed by atoms with van der Waals surface area (Å²) in [7, 11) is 3.98. The van der Waals surface area contributed by atoms with Crippen molar-refractivity contribution >= 4 is 28.1 Å². The first-order chi connectivity index (χ1) is 7.16. The van der Waals surface area contributed by atoms with Gasteiger partial charge in [-0.3, -0.25) is 0 Å². The molecule has 0 aliphatic carbocycles. The van der Waals surface area contributed by atoms with Crippen molar-refractivity contribution in [2.24, 2.45) is 0 Å². The van der Waals surface area contributed by atoms with Crippen molar-refractivity contribution in [2.45, 2.75) is 0 Å². The van der Waals surface area contributed by atoms with Crippen LogP contribution in [0.1, 0.15) is 0 Å². The Balaban J connectivity index is 2.33. The molecule has 0 aliphatic heterocycles. The fourth-order valence-corrected chi connectivity index (χ4v) is 2.12. The van der Waals surface area contributed by atoms with Gasteiger partial charge in [-0.15, -0.1) is 11.3 Å². The first kappa shape index (κ1) is 10.5. The zero-order chi connectivity index (χ0) is 10.8. The molecule has 0 spiro atoms. The van der Waals surface area contributed by atoms with Gasteiger partial charge in [0.05, 0.1) is 5.69 Å². The zero-order valence-electron chi connectivity index (χ0n) is 8.57. The SMILES string of the molecule is CN(C)c1nc(-c2ccc(Cl)cc2)cs1. The van der Waals surface area contributed by atoms with Crippen molar-refractivity contribution in [3.63, 3.8) is 0 Å². The van der Waals surface area contributed by atoms with Crippen LogP contribution in [0.5, 0.6) is 0 Å². The van der Waals surface area contributed by atoms with Gasteiger partial charge in [0.15, 0.2) is 5.13 Å². The molecule has 0 bridgehead atoms. The molecule has 0 saturated heterocycles. The topological polar surface area (TPSA) is 16.1 Å². The van der Waals surface area contributed by atoms with E-state index in [2.05, 4.69) is 10.4 Å². The minimum atomic E-state index is 0.752. The summed E-state index contributed by atoms with van der Waals surface area (Å²) < 4.78 is 0. The van der Waals surface area contributed by atoms with Crippen LogP contribution in [0.25, 0.3) is 11.3 Å². The van der Waals surface area contributed by atoms with E-state index in [1.165, 1.54) is 0 Å². The van der Waals surface area contributed by atoms with Crippen LogP contribution < -0.4 is 4.90 Å². The van der Waals surface area contributed by atoms with E-state index in [4.69, 9.17) is 11.6 Å². The highest BCUT2D eigenvalue weighted by atomic mass is 35.5. The van der Waals surface area contributed by atoms with Crippen LogP contribution in [0, 0.1) is 0 Å². The molecule has 0 unspecified atom stereocenters. The fourth-order valence-electron chi connectivity index (χ4n) is 1.22. The van der Waals surface area contributed by atoms with E-state index in [9.17, 15) is 0 Å². The molecule has 1 heterocycles. The van der Waals surface area contributed by atoms with Gasteiger partial charge in [0.1, 0.15) is 0 Å². The lowest BCUT2D eigenvalue weighted by Gasteiger charge is -2.05. The van der Waals surface area contributed by atoms with Crippen LogP contribution in [0.4, 0.5) is 5.13 Å². The third-order valence-corrected chi connectivity index (χ3v) is 3.27. The molecule has 0 radical (unpaired) electrons. The minimum absolute atomic E-state index is 0.752. The Morgan fingerprint density at radius 3 is 2.40 bits per heavy atom. The number of benzene rings is 1. The van der Waals surface area contributed by atoms with Crippen molar-refractivity contribution < 1.29 is 0 Å². The van der Waals surface area contributed by atoms with E-state index >= 15 is 0 Å². The summed E-state index contributed by atoms with van der Waals surface area (Å²) in [4.78, 5) is 6.52. The average molecular weight is 239 g/mol. The molecular formula is C11H11ClN2S. The Bertz CT molecular complexity index is 448. The molecule has 4 heteroatoms. The highest BCUT2D eigenvalue weighted by molar-refractivity contribution is 7.14. The Morgan fingerprint density at radius 2 is 1.87 bits per heavy atom. The summed E-state index contributed by atoms with van der Waals surface area (Å²) in [5.41, 5.74) is 2.10. The van der Waals surface area contributed by atoms with Gasteiger partial charge < -0.3 is 4.90 Å². The molecule has 0 saturated carbocycles. The van der Waals surface area contributed by atoms with Crippen LogP contribution in [0.3, 0.4) is 0 Å². The van der Waals surface area contributed by atoms with Gasteiger partial charge in [0.2, 0.25) is 0 Å². The third kappa shape index (κ3) is 2.30. The number of halogens is 1.